The second-order valence-corrected chi connectivity index (χ2v) is 7.64. The maximum atomic E-state index is 10.7. The summed E-state index contributed by atoms with van der Waals surface area (Å²) in [6.07, 6.45) is 5.55. The molecule has 2 aliphatic rings. The van der Waals surface area contributed by atoms with Gasteiger partial charge >= 0.3 is 0 Å². The van der Waals surface area contributed by atoms with E-state index in [0.29, 0.717) is 0 Å². The maximum Gasteiger partial charge on any atom is 0.0774 e. The van der Waals surface area contributed by atoms with Crippen molar-refractivity contribution in [1.82, 2.24) is 14.7 Å². The van der Waals surface area contributed by atoms with Gasteiger partial charge in [-0.1, -0.05) is 6.92 Å². The van der Waals surface area contributed by atoms with Gasteiger partial charge in [-0.05, 0) is 65.2 Å². The summed E-state index contributed by atoms with van der Waals surface area (Å²) in [4.78, 5) is 7.32. The SMILES string of the molecule is CC1CCC(O)(CN(C)CCCN2CCN(C)CC2)CC1. The fourth-order valence-electron chi connectivity index (χ4n) is 3.67. The Hall–Kier alpha value is -0.160. The Kier molecular flexibility index (Phi) is 6.48. The molecule has 0 aromatic rings. The number of nitrogens with zero attached hydrogens (tertiary/aromatic N) is 3. The number of hydrogen-bond donors (Lipinski definition) is 1. The normalized spacial score (nSPS) is 32.7. The first-order valence-corrected chi connectivity index (χ1v) is 8.79. The van der Waals surface area contributed by atoms with Crippen molar-refractivity contribution in [3.63, 3.8) is 0 Å². The fraction of sp³-hybridized carbons (Fsp3) is 1.00. The molecule has 0 aromatic carbocycles. The molecule has 4 heteroatoms. The maximum absolute atomic E-state index is 10.7. The molecule has 0 atom stereocenters. The van der Waals surface area contributed by atoms with Gasteiger partial charge in [-0.15, -0.1) is 0 Å². The number of likely N-dealkylation sites (N-methyl/N-ethyl adjacent to an activating group) is 2. The molecule has 2 fully saturated rings. The van der Waals surface area contributed by atoms with Crippen molar-refractivity contribution < 1.29 is 5.11 Å². The Bertz CT molecular complexity index is 294. The minimum Gasteiger partial charge on any atom is -0.389 e. The molecule has 124 valence electrons. The molecule has 0 radical (unpaired) electrons. The van der Waals surface area contributed by atoms with E-state index >= 15 is 0 Å². The number of rotatable bonds is 6. The van der Waals surface area contributed by atoms with Crippen LogP contribution in [0.4, 0.5) is 0 Å². The van der Waals surface area contributed by atoms with E-state index in [2.05, 4.69) is 35.7 Å². The third-order valence-electron chi connectivity index (χ3n) is 5.38. The van der Waals surface area contributed by atoms with Crippen LogP contribution in [0.15, 0.2) is 0 Å². The van der Waals surface area contributed by atoms with Gasteiger partial charge in [0.05, 0.1) is 5.60 Å². The van der Waals surface area contributed by atoms with Crippen LogP contribution in [-0.2, 0) is 0 Å². The summed E-state index contributed by atoms with van der Waals surface area (Å²) in [5, 5.41) is 10.7. The van der Waals surface area contributed by atoms with Crippen molar-refractivity contribution in [2.45, 2.75) is 44.6 Å². The van der Waals surface area contributed by atoms with Crippen LogP contribution in [0.2, 0.25) is 0 Å². The van der Waals surface area contributed by atoms with Crippen LogP contribution in [0, 0.1) is 5.92 Å². The number of piperazine rings is 1. The second kappa shape index (κ2) is 7.91. The zero-order chi connectivity index (χ0) is 15.3. The minimum absolute atomic E-state index is 0.422. The summed E-state index contributed by atoms with van der Waals surface area (Å²) in [6.45, 7) is 10.3. The van der Waals surface area contributed by atoms with E-state index in [4.69, 9.17) is 0 Å². The van der Waals surface area contributed by atoms with Gasteiger partial charge in [0.15, 0.2) is 0 Å². The van der Waals surface area contributed by atoms with Crippen LogP contribution in [0.3, 0.4) is 0 Å². The number of hydrogen-bond acceptors (Lipinski definition) is 4. The van der Waals surface area contributed by atoms with E-state index in [1.165, 1.54) is 52.0 Å². The highest BCUT2D eigenvalue weighted by atomic mass is 16.3. The van der Waals surface area contributed by atoms with Crippen LogP contribution in [-0.4, -0.2) is 85.3 Å². The Morgan fingerprint density at radius 3 is 2.38 bits per heavy atom. The van der Waals surface area contributed by atoms with E-state index in [-0.39, 0.29) is 0 Å². The highest BCUT2D eigenvalue weighted by molar-refractivity contribution is 4.86. The predicted octanol–water partition coefficient (Wildman–Crippen LogP) is 1.50. The lowest BCUT2D eigenvalue weighted by Gasteiger charge is -2.38. The molecule has 1 saturated carbocycles. The Morgan fingerprint density at radius 1 is 1.14 bits per heavy atom. The van der Waals surface area contributed by atoms with E-state index in [0.717, 1.165) is 31.8 Å². The van der Waals surface area contributed by atoms with Crippen molar-refractivity contribution in [3.8, 4) is 0 Å². The standard InChI is InChI=1S/C17H35N3O/c1-16-5-7-17(21,8-6-16)15-19(3)9-4-10-20-13-11-18(2)12-14-20/h16,21H,4-15H2,1-3H3. The molecule has 21 heavy (non-hydrogen) atoms. The van der Waals surface area contributed by atoms with Gasteiger partial charge in [-0.25, -0.2) is 0 Å². The molecule has 2 rings (SSSR count). The molecule has 0 unspecified atom stereocenters. The zero-order valence-corrected chi connectivity index (χ0v) is 14.4. The predicted molar refractivity (Wildman–Crippen MR) is 88.6 cm³/mol. The first-order chi connectivity index (χ1) is 9.97. The first-order valence-electron chi connectivity index (χ1n) is 8.79. The molecule has 1 aliphatic carbocycles. The van der Waals surface area contributed by atoms with Crippen molar-refractivity contribution >= 4 is 0 Å². The average molecular weight is 297 g/mol. The van der Waals surface area contributed by atoms with Gasteiger partial charge in [0, 0.05) is 32.7 Å². The van der Waals surface area contributed by atoms with E-state index < -0.39 is 5.60 Å². The van der Waals surface area contributed by atoms with Crippen molar-refractivity contribution in [3.05, 3.63) is 0 Å². The monoisotopic (exact) mass is 297 g/mol. The van der Waals surface area contributed by atoms with Crippen LogP contribution in [0.1, 0.15) is 39.0 Å². The van der Waals surface area contributed by atoms with E-state index in [9.17, 15) is 5.11 Å². The largest absolute Gasteiger partial charge is 0.389 e. The molecule has 1 heterocycles. The topological polar surface area (TPSA) is 30.0 Å². The van der Waals surface area contributed by atoms with Gasteiger partial charge in [-0.2, -0.15) is 0 Å². The smallest absolute Gasteiger partial charge is 0.0774 e. The van der Waals surface area contributed by atoms with Gasteiger partial charge < -0.3 is 19.8 Å². The van der Waals surface area contributed by atoms with Gasteiger partial charge in [0.1, 0.15) is 0 Å². The molecule has 1 aliphatic heterocycles. The van der Waals surface area contributed by atoms with Crippen LogP contribution in [0.5, 0.6) is 0 Å². The first kappa shape index (κ1) is 17.2. The van der Waals surface area contributed by atoms with E-state index in [1.807, 2.05) is 0 Å². The molecular weight excluding hydrogens is 262 g/mol. The lowest BCUT2D eigenvalue weighted by atomic mass is 9.79. The highest BCUT2D eigenvalue weighted by Crippen LogP contribution is 2.32. The van der Waals surface area contributed by atoms with Crippen LogP contribution in [0.25, 0.3) is 0 Å². The van der Waals surface area contributed by atoms with Crippen molar-refractivity contribution in [2.24, 2.45) is 5.92 Å². The molecule has 0 spiro atoms. The molecular formula is C17H35N3O. The van der Waals surface area contributed by atoms with Gasteiger partial charge in [0.25, 0.3) is 0 Å². The number of aliphatic hydroxyl groups is 1. The van der Waals surface area contributed by atoms with Crippen molar-refractivity contribution in [1.29, 1.82) is 0 Å². The summed E-state index contributed by atoms with van der Waals surface area (Å²) in [5.41, 5.74) is -0.422. The summed E-state index contributed by atoms with van der Waals surface area (Å²) in [5.74, 6) is 0.799. The zero-order valence-electron chi connectivity index (χ0n) is 14.4. The Balaban J connectivity index is 1.60. The van der Waals surface area contributed by atoms with Crippen LogP contribution < -0.4 is 0 Å². The lowest BCUT2D eigenvalue weighted by molar-refractivity contribution is -0.0306. The minimum atomic E-state index is -0.422. The third kappa shape index (κ3) is 5.85. The second-order valence-electron chi connectivity index (χ2n) is 7.64. The molecule has 1 N–H and O–H groups in total. The highest BCUT2D eigenvalue weighted by Gasteiger charge is 2.32. The molecule has 0 amide bonds. The summed E-state index contributed by atoms with van der Waals surface area (Å²) < 4.78 is 0. The van der Waals surface area contributed by atoms with Crippen molar-refractivity contribution in [2.75, 3.05) is 59.9 Å². The third-order valence-corrected chi connectivity index (χ3v) is 5.38. The lowest BCUT2D eigenvalue weighted by Crippen LogP contribution is -2.46. The summed E-state index contributed by atoms with van der Waals surface area (Å²) in [7, 11) is 4.37. The summed E-state index contributed by atoms with van der Waals surface area (Å²) in [6, 6.07) is 0. The average Bonchev–Trinajstić information content (AvgIpc) is 2.44. The molecule has 4 nitrogen and oxygen atoms in total. The van der Waals surface area contributed by atoms with Crippen LogP contribution >= 0.6 is 0 Å². The molecule has 0 bridgehead atoms. The molecule has 0 aromatic heterocycles. The fourth-order valence-corrected chi connectivity index (χ4v) is 3.67. The van der Waals surface area contributed by atoms with E-state index in [1.54, 1.807) is 0 Å². The quantitative estimate of drug-likeness (QED) is 0.805. The molecule has 1 saturated heterocycles. The summed E-state index contributed by atoms with van der Waals surface area (Å²) >= 11 is 0. The Labute approximate surface area is 131 Å². The van der Waals surface area contributed by atoms with Gasteiger partial charge in [-0.3, -0.25) is 0 Å². The van der Waals surface area contributed by atoms with Gasteiger partial charge in [0.2, 0.25) is 0 Å². The Morgan fingerprint density at radius 2 is 1.76 bits per heavy atom.